The lowest BCUT2D eigenvalue weighted by Crippen LogP contribution is -2.40. The summed E-state index contributed by atoms with van der Waals surface area (Å²) in [5.41, 5.74) is 2.66. The summed E-state index contributed by atoms with van der Waals surface area (Å²) in [6, 6.07) is 6.15. The second-order valence-electron chi connectivity index (χ2n) is 8.01. The maximum absolute atomic E-state index is 13.6. The van der Waals surface area contributed by atoms with Crippen LogP contribution in [0.2, 0.25) is 0 Å². The van der Waals surface area contributed by atoms with Gasteiger partial charge in [0.2, 0.25) is 15.8 Å². The molecule has 2 aromatic heterocycles. The molecule has 6 nitrogen and oxygen atoms in total. The molecule has 0 unspecified atom stereocenters. The molecule has 3 aromatic rings. The van der Waals surface area contributed by atoms with Gasteiger partial charge in [-0.15, -0.1) is 0 Å². The quantitative estimate of drug-likeness (QED) is 0.591. The minimum atomic E-state index is -4.62. The molecule has 1 fully saturated rings. The van der Waals surface area contributed by atoms with Crippen LogP contribution in [0.4, 0.5) is 13.2 Å². The van der Waals surface area contributed by atoms with Gasteiger partial charge in [0.05, 0.1) is 4.90 Å². The molecule has 4 rings (SSSR count). The van der Waals surface area contributed by atoms with Gasteiger partial charge in [-0.1, -0.05) is 17.7 Å². The van der Waals surface area contributed by atoms with E-state index >= 15 is 0 Å². The lowest BCUT2D eigenvalue weighted by Gasteiger charge is -2.33. The minimum Gasteiger partial charge on any atom is -0.302 e. The summed E-state index contributed by atoms with van der Waals surface area (Å²) in [4.78, 5) is 8.14. The van der Waals surface area contributed by atoms with Crippen molar-refractivity contribution < 1.29 is 21.6 Å². The van der Waals surface area contributed by atoms with Crippen LogP contribution in [0.1, 0.15) is 41.4 Å². The first-order valence-electron chi connectivity index (χ1n) is 9.98. The molecular weight excluding hydrogens is 429 g/mol. The van der Waals surface area contributed by atoms with Crippen molar-refractivity contribution >= 4 is 21.2 Å². The number of rotatable bonds is 3. The molecule has 0 atom stereocenters. The van der Waals surface area contributed by atoms with E-state index in [4.69, 9.17) is 0 Å². The molecule has 1 aliphatic rings. The summed E-state index contributed by atoms with van der Waals surface area (Å²) in [5.74, 6) is -0.993. The van der Waals surface area contributed by atoms with Crippen LogP contribution >= 0.6 is 0 Å². The first kappa shape index (κ1) is 21.8. The first-order valence-corrected chi connectivity index (χ1v) is 11.4. The summed E-state index contributed by atoms with van der Waals surface area (Å²) >= 11 is 0. The van der Waals surface area contributed by atoms with Crippen molar-refractivity contribution in [3.8, 4) is 0 Å². The molecule has 0 spiro atoms. The summed E-state index contributed by atoms with van der Waals surface area (Å²) in [7, 11) is -3.74. The fourth-order valence-corrected chi connectivity index (χ4v) is 6.40. The van der Waals surface area contributed by atoms with Crippen LogP contribution < -0.4 is 0 Å². The highest BCUT2D eigenvalue weighted by molar-refractivity contribution is 7.89. The number of halogens is 3. The fourth-order valence-electron chi connectivity index (χ4n) is 4.52. The number of pyridine rings is 1. The molecule has 0 saturated carbocycles. The SMILES string of the molecule is Cc1cc(C)c(S(=O)(=O)N2CCC(n3c(C(F)(F)F)nc4cccnc43)CC2)c(C)c1. The standard InChI is InChI=1S/C21H23F3N4O2S/c1-13-11-14(2)18(15(3)12-13)31(29,30)27-9-6-16(7-10-27)28-19-17(5-4-8-25-19)26-20(28)21(22,23)24/h4-5,8,11-12,16H,6-7,9-10H2,1-3H3. The molecule has 3 heterocycles. The maximum Gasteiger partial charge on any atom is 0.449 e. The maximum atomic E-state index is 13.6. The van der Waals surface area contributed by atoms with Crippen LogP contribution in [0.25, 0.3) is 11.2 Å². The predicted molar refractivity (Wildman–Crippen MR) is 110 cm³/mol. The molecule has 0 N–H and O–H groups in total. The normalized spacial score (nSPS) is 16.8. The van der Waals surface area contributed by atoms with E-state index in [1.54, 1.807) is 19.9 Å². The van der Waals surface area contributed by atoms with E-state index in [1.807, 2.05) is 19.1 Å². The average molecular weight is 453 g/mol. The third-order valence-corrected chi connectivity index (χ3v) is 7.90. The Hall–Kier alpha value is -2.46. The summed E-state index contributed by atoms with van der Waals surface area (Å²) in [5, 5.41) is 0. The number of nitrogens with zero attached hydrogens (tertiary/aromatic N) is 4. The van der Waals surface area contributed by atoms with Crippen molar-refractivity contribution in [3.63, 3.8) is 0 Å². The Labute approximate surface area is 178 Å². The summed E-state index contributed by atoms with van der Waals surface area (Å²) in [6.07, 6.45) is -2.70. The van der Waals surface area contributed by atoms with Crippen LogP contribution in [0, 0.1) is 20.8 Å². The van der Waals surface area contributed by atoms with E-state index in [1.165, 1.54) is 16.6 Å². The molecule has 1 aromatic carbocycles. The zero-order valence-electron chi connectivity index (χ0n) is 17.4. The number of piperidine rings is 1. The van der Waals surface area contributed by atoms with Gasteiger partial charge >= 0.3 is 6.18 Å². The Bertz CT molecular complexity index is 1220. The smallest absolute Gasteiger partial charge is 0.302 e. The van der Waals surface area contributed by atoms with Gasteiger partial charge in [0.25, 0.3) is 0 Å². The van der Waals surface area contributed by atoms with Gasteiger partial charge in [-0.3, -0.25) is 0 Å². The lowest BCUT2D eigenvalue weighted by molar-refractivity contribution is -0.147. The molecule has 10 heteroatoms. The first-order chi connectivity index (χ1) is 14.5. The largest absolute Gasteiger partial charge is 0.449 e. The summed E-state index contributed by atoms with van der Waals surface area (Å²) < 4.78 is 70.0. The molecule has 166 valence electrons. The molecule has 0 amide bonds. The van der Waals surface area contributed by atoms with Crippen LogP contribution in [0.15, 0.2) is 35.4 Å². The molecule has 31 heavy (non-hydrogen) atoms. The number of alkyl halides is 3. The highest BCUT2D eigenvalue weighted by atomic mass is 32.2. The van der Waals surface area contributed by atoms with Crippen LogP contribution in [0.5, 0.6) is 0 Å². The Balaban J connectivity index is 1.65. The van der Waals surface area contributed by atoms with Crippen LogP contribution in [0.3, 0.4) is 0 Å². The average Bonchev–Trinajstić information content (AvgIpc) is 3.07. The van der Waals surface area contributed by atoms with E-state index in [0.29, 0.717) is 11.1 Å². The number of aromatic nitrogens is 3. The van der Waals surface area contributed by atoms with Gasteiger partial charge in [-0.25, -0.2) is 18.4 Å². The Morgan fingerprint density at radius 3 is 2.26 bits per heavy atom. The van der Waals surface area contributed by atoms with Gasteiger partial charge < -0.3 is 4.57 Å². The van der Waals surface area contributed by atoms with Crippen molar-refractivity contribution in [2.24, 2.45) is 0 Å². The zero-order chi connectivity index (χ0) is 22.6. The molecule has 1 aliphatic heterocycles. The van der Waals surface area contributed by atoms with Crippen LogP contribution in [-0.4, -0.2) is 40.3 Å². The van der Waals surface area contributed by atoms with E-state index in [2.05, 4.69) is 9.97 Å². The van der Waals surface area contributed by atoms with E-state index in [-0.39, 0.29) is 42.0 Å². The second-order valence-corrected chi connectivity index (χ2v) is 9.89. The Morgan fingerprint density at radius 2 is 1.68 bits per heavy atom. The third-order valence-electron chi connectivity index (χ3n) is 5.69. The number of aryl methyl sites for hydroxylation is 3. The monoisotopic (exact) mass is 452 g/mol. The molecule has 0 aliphatic carbocycles. The van der Waals surface area contributed by atoms with Gasteiger partial charge in [0.1, 0.15) is 5.52 Å². The fraction of sp³-hybridized carbons (Fsp3) is 0.429. The number of imidazole rings is 1. The Morgan fingerprint density at radius 1 is 1.06 bits per heavy atom. The molecule has 0 radical (unpaired) electrons. The topological polar surface area (TPSA) is 68.1 Å². The van der Waals surface area contributed by atoms with Crippen molar-refractivity contribution in [3.05, 3.63) is 53.0 Å². The van der Waals surface area contributed by atoms with E-state index < -0.39 is 28.1 Å². The van der Waals surface area contributed by atoms with Gasteiger partial charge in [-0.05, 0) is 56.9 Å². The van der Waals surface area contributed by atoms with Crippen molar-refractivity contribution in [2.45, 2.75) is 50.7 Å². The highest BCUT2D eigenvalue weighted by Crippen LogP contribution is 2.37. The van der Waals surface area contributed by atoms with Gasteiger partial charge in [-0.2, -0.15) is 17.5 Å². The molecular formula is C21H23F3N4O2S. The highest BCUT2D eigenvalue weighted by Gasteiger charge is 2.41. The second kappa shape index (κ2) is 7.59. The van der Waals surface area contributed by atoms with Crippen molar-refractivity contribution in [1.82, 2.24) is 18.8 Å². The van der Waals surface area contributed by atoms with E-state index in [9.17, 15) is 21.6 Å². The lowest BCUT2D eigenvalue weighted by atomic mass is 10.1. The van der Waals surface area contributed by atoms with Crippen LogP contribution in [-0.2, 0) is 16.2 Å². The number of hydrogen-bond donors (Lipinski definition) is 0. The number of fused-ring (bicyclic) bond motifs is 1. The minimum absolute atomic E-state index is 0.129. The zero-order valence-corrected chi connectivity index (χ0v) is 18.3. The van der Waals surface area contributed by atoms with Crippen molar-refractivity contribution in [2.75, 3.05) is 13.1 Å². The van der Waals surface area contributed by atoms with Crippen molar-refractivity contribution in [1.29, 1.82) is 0 Å². The van der Waals surface area contributed by atoms with Gasteiger partial charge in [0.15, 0.2) is 5.65 Å². The van der Waals surface area contributed by atoms with Gasteiger partial charge in [0, 0.05) is 25.3 Å². The summed E-state index contributed by atoms with van der Waals surface area (Å²) in [6.45, 7) is 5.69. The predicted octanol–water partition coefficient (Wildman–Crippen LogP) is 4.40. The number of hydrogen-bond acceptors (Lipinski definition) is 4. The number of sulfonamides is 1. The Kier molecular flexibility index (Phi) is 5.33. The molecule has 1 saturated heterocycles. The molecule has 0 bridgehead atoms. The third kappa shape index (κ3) is 3.82. The number of benzene rings is 1. The van der Waals surface area contributed by atoms with E-state index in [0.717, 1.165) is 10.1 Å².